The van der Waals surface area contributed by atoms with Gasteiger partial charge in [-0.3, -0.25) is 9.63 Å². The summed E-state index contributed by atoms with van der Waals surface area (Å²) in [6.45, 7) is 3.48. The Labute approximate surface area is 107 Å². The van der Waals surface area contributed by atoms with E-state index in [1.54, 1.807) is 0 Å². The second-order valence-corrected chi connectivity index (χ2v) is 3.44. The molecule has 0 heterocycles. The molecule has 4 nitrogen and oxygen atoms in total. The van der Waals surface area contributed by atoms with Gasteiger partial charge in [0.05, 0.1) is 18.2 Å². The second-order valence-electron chi connectivity index (χ2n) is 3.44. The van der Waals surface area contributed by atoms with Gasteiger partial charge in [-0.2, -0.15) is 13.2 Å². The number of carbonyl (C=O) groups excluding carboxylic acids is 1. The van der Waals surface area contributed by atoms with Crippen molar-refractivity contribution in [2.75, 3.05) is 13.7 Å². The van der Waals surface area contributed by atoms with Gasteiger partial charge in [-0.05, 0) is 18.2 Å². The highest BCUT2D eigenvalue weighted by molar-refractivity contribution is 5.96. The van der Waals surface area contributed by atoms with Gasteiger partial charge in [0.2, 0.25) is 0 Å². The smallest absolute Gasteiger partial charge is 0.416 e. The Kier molecular flexibility index (Phi) is 4.94. The number of halogens is 3. The molecule has 0 radical (unpaired) electrons. The zero-order valence-corrected chi connectivity index (χ0v) is 10.1. The average molecular weight is 275 g/mol. The van der Waals surface area contributed by atoms with Crippen molar-refractivity contribution in [3.8, 4) is 5.75 Å². The van der Waals surface area contributed by atoms with E-state index in [0.29, 0.717) is 6.07 Å². The van der Waals surface area contributed by atoms with E-state index in [1.807, 2.05) is 5.48 Å². The molecule has 19 heavy (non-hydrogen) atoms. The zero-order valence-electron chi connectivity index (χ0n) is 10.1. The molecule has 0 saturated carbocycles. The summed E-state index contributed by atoms with van der Waals surface area (Å²) in [5.74, 6) is -0.810. The number of nitrogens with one attached hydrogen (secondary N) is 1. The molecule has 0 fully saturated rings. The van der Waals surface area contributed by atoms with Crippen molar-refractivity contribution >= 4 is 5.91 Å². The SMILES string of the molecule is C=CCOc1ccc(C(F)(F)F)cc1C(=O)NOC. The van der Waals surface area contributed by atoms with Gasteiger partial charge in [0, 0.05) is 0 Å². The molecule has 1 aromatic rings. The fourth-order valence-electron chi connectivity index (χ4n) is 1.31. The molecule has 1 N–H and O–H groups in total. The number of benzene rings is 1. The molecule has 0 aliphatic carbocycles. The van der Waals surface area contributed by atoms with Crippen molar-refractivity contribution in [2.45, 2.75) is 6.18 Å². The third-order valence-electron chi connectivity index (χ3n) is 2.10. The van der Waals surface area contributed by atoms with E-state index in [0.717, 1.165) is 12.1 Å². The maximum Gasteiger partial charge on any atom is 0.416 e. The van der Waals surface area contributed by atoms with Crippen LogP contribution in [0, 0.1) is 0 Å². The first kappa shape index (κ1) is 15.0. The van der Waals surface area contributed by atoms with E-state index in [1.165, 1.54) is 13.2 Å². The molecule has 0 aromatic heterocycles. The lowest BCUT2D eigenvalue weighted by molar-refractivity contribution is -0.137. The van der Waals surface area contributed by atoms with Gasteiger partial charge in [-0.25, -0.2) is 5.48 Å². The number of hydroxylamine groups is 1. The molecule has 0 aliphatic rings. The van der Waals surface area contributed by atoms with E-state index in [2.05, 4.69) is 11.4 Å². The minimum absolute atomic E-state index is 0.0162. The van der Waals surface area contributed by atoms with Crippen LogP contribution in [0.1, 0.15) is 15.9 Å². The standard InChI is InChI=1S/C12H12F3NO3/c1-3-6-19-10-5-4-8(12(13,14)15)7-9(10)11(17)16-18-2/h3-5,7H,1,6H2,2H3,(H,16,17). The highest BCUT2D eigenvalue weighted by atomic mass is 19.4. The fourth-order valence-corrected chi connectivity index (χ4v) is 1.31. The maximum atomic E-state index is 12.6. The molecule has 0 unspecified atom stereocenters. The van der Waals surface area contributed by atoms with Crippen LogP contribution in [-0.2, 0) is 11.0 Å². The van der Waals surface area contributed by atoms with Crippen LogP contribution < -0.4 is 10.2 Å². The number of alkyl halides is 3. The van der Waals surface area contributed by atoms with Crippen LogP contribution in [0.2, 0.25) is 0 Å². The molecule has 0 spiro atoms. The summed E-state index contributed by atoms with van der Waals surface area (Å²) >= 11 is 0. The predicted molar refractivity (Wildman–Crippen MR) is 61.6 cm³/mol. The first-order valence-corrected chi connectivity index (χ1v) is 5.18. The lowest BCUT2D eigenvalue weighted by Gasteiger charge is -2.13. The maximum absolute atomic E-state index is 12.6. The molecule has 1 rings (SSSR count). The second kappa shape index (κ2) is 6.24. The fraction of sp³-hybridized carbons (Fsp3) is 0.250. The van der Waals surface area contributed by atoms with Gasteiger partial charge in [-0.15, -0.1) is 0 Å². The first-order valence-electron chi connectivity index (χ1n) is 5.18. The minimum atomic E-state index is -4.54. The van der Waals surface area contributed by atoms with Crippen molar-refractivity contribution in [2.24, 2.45) is 0 Å². The Morgan fingerprint density at radius 1 is 1.47 bits per heavy atom. The zero-order chi connectivity index (χ0) is 14.5. The summed E-state index contributed by atoms with van der Waals surface area (Å²) < 4.78 is 42.9. The minimum Gasteiger partial charge on any atom is -0.489 e. The third-order valence-corrected chi connectivity index (χ3v) is 2.10. The Morgan fingerprint density at radius 2 is 2.16 bits per heavy atom. The summed E-state index contributed by atoms with van der Waals surface area (Å²) in [5, 5.41) is 0. The van der Waals surface area contributed by atoms with Crippen LogP contribution in [0.15, 0.2) is 30.9 Å². The van der Waals surface area contributed by atoms with Crippen LogP contribution in [0.25, 0.3) is 0 Å². The number of ether oxygens (including phenoxy) is 1. The average Bonchev–Trinajstić information content (AvgIpc) is 2.35. The summed E-state index contributed by atoms with van der Waals surface area (Å²) in [6, 6.07) is 2.62. The van der Waals surface area contributed by atoms with Crippen LogP contribution >= 0.6 is 0 Å². The van der Waals surface area contributed by atoms with E-state index in [9.17, 15) is 18.0 Å². The van der Waals surface area contributed by atoms with Gasteiger partial charge in [0.15, 0.2) is 0 Å². The van der Waals surface area contributed by atoms with E-state index < -0.39 is 17.6 Å². The van der Waals surface area contributed by atoms with Gasteiger partial charge in [-0.1, -0.05) is 12.7 Å². The van der Waals surface area contributed by atoms with Gasteiger partial charge in [0.1, 0.15) is 12.4 Å². The third kappa shape index (κ3) is 3.99. The lowest BCUT2D eigenvalue weighted by Crippen LogP contribution is -2.23. The van der Waals surface area contributed by atoms with Crippen molar-refractivity contribution in [3.05, 3.63) is 42.0 Å². The molecule has 7 heteroatoms. The number of hydrogen-bond donors (Lipinski definition) is 1. The molecule has 0 saturated heterocycles. The molecular formula is C12H12F3NO3. The molecule has 1 aromatic carbocycles. The van der Waals surface area contributed by atoms with Gasteiger partial charge >= 0.3 is 6.18 Å². The highest BCUT2D eigenvalue weighted by Gasteiger charge is 2.32. The largest absolute Gasteiger partial charge is 0.489 e. The monoisotopic (exact) mass is 275 g/mol. The highest BCUT2D eigenvalue weighted by Crippen LogP contribution is 2.32. The van der Waals surface area contributed by atoms with Crippen molar-refractivity contribution in [1.82, 2.24) is 5.48 Å². The van der Waals surface area contributed by atoms with Gasteiger partial charge < -0.3 is 4.74 Å². The Hall–Kier alpha value is -2.02. The van der Waals surface area contributed by atoms with Gasteiger partial charge in [0.25, 0.3) is 5.91 Å². The van der Waals surface area contributed by atoms with E-state index in [4.69, 9.17) is 4.74 Å². The van der Waals surface area contributed by atoms with Crippen molar-refractivity contribution in [3.63, 3.8) is 0 Å². The molecule has 104 valence electrons. The van der Waals surface area contributed by atoms with Crippen molar-refractivity contribution in [1.29, 1.82) is 0 Å². The molecule has 1 amide bonds. The number of amides is 1. The van der Waals surface area contributed by atoms with Crippen LogP contribution in [-0.4, -0.2) is 19.6 Å². The molecule has 0 atom stereocenters. The van der Waals surface area contributed by atoms with Crippen LogP contribution in [0.3, 0.4) is 0 Å². The van der Waals surface area contributed by atoms with Crippen LogP contribution in [0.4, 0.5) is 13.2 Å². The molecule has 0 bridgehead atoms. The predicted octanol–water partition coefficient (Wildman–Crippen LogP) is 2.56. The molecular weight excluding hydrogens is 263 g/mol. The first-order chi connectivity index (χ1) is 8.90. The van der Waals surface area contributed by atoms with E-state index in [-0.39, 0.29) is 17.9 Å². The quantitative estimate of drug-likeness (QED) is 0.663. The summed E-state index contributed by atoms with van der Waals surface area (Å²) in [6.07, 6.45) is -3.13. The topological polar surface area (TPSA) is 47.6 Å². The summed E-state index contributed by atoms with van der Waals surface area (Å²) in [7, 11) is 1.18. The Balaban J connectivity index is 3.17. The lowest BCUT2D eigenvalue weighted by atomic mass is 10.1. The number of hydrogen-bond acceptors (Lipinski definition) is 3. The summed E-state index contributed by atoms with van der Waals surface area (Å²) in [4.78, 5) is 16.0. The summed E-state index contributed by atoms with van der Waals surface area (Å²) in [5.41, 5.74) is 0.735. The Bertz CT molecular complexity index is 472. The number of carbonyl (C=O) groups is 1. The van der Waals surface area contributed by atoms with Crippen LogP contribution in [0.5, 0.6) is 5.75 Å². The number of rotatable bonds is 5. The normalized spacial score (nSPS) is 10.9. The molecule has 0 aliphatic heterocycles. The van der Waals surface area contributed by atoms with Crippen molar-refractivity contribution < 1.29 is 27.5 Å². The Morgan fingerprint density at radius 3 is 2.68 bits per heavy atom. The van der Waals surface area contributed by atoms with E-state index >= 15 is 0 Å².